The number of halogens is 1. The Labute approximate surface area is 205 Å². The number of likely N-dealkylation sites (tertiary alicyclic amines) is 1. The monoisotopic (exact) mass is 495 g/mol. The standard InChI is InChI=1S/C24H26FN7O4/c1-13-9-14(10-18-20(13)29-30-28-18)11-19(22(33)34)26-23(35)31-7-5-16(6-8-31)32-12-15-3-2-4-17(25)21(15)27-24(32)36/h2-4,9-10,16,19H,5-8,11-12H2,1H3,(H,26,35)(H,27,36)(H,33,34)(H,28,29,30)/t19-/m1/s1. The molecule has 3 heterocycles. The number of amides is 4. The van der Waals surface area contributed by atoms with Crippen molar-refractivity contribution in [2.75, 3.05) is 18.4 Å². The first kappa shape index (κ1) is 23.5. The molecule has 0 aliphatic carbocycles. The zero-order chi connectivity index (χ0) is 25.4. The number of aryl methyl sites for hydroxylation is 1. The van der Waals surface area contributed by atoms with Crippen LogP contribution >= 0.6 is 0 Å². The molecule has 11 nitrogen and oxygen atoms in total. The van der Waals surface area contributed by atoms with Crippen molar-refractivity contribution >= 4 is 34.8 Å². The van der Waals surface area contributed by atoms with Gasteiger partial charge < -0.3 is 25.5 Å². The number of aromatic amines is 1. The lowest BCUT2D eigenvalue weighted by Crippen LogP contribution is -2.54. The van der Waals surface area contributed by atoms with Crippen molar-refractivity contribution in [3.05, 3.63) is 52.8 Å². The number of benzene rings is 2. The summed E-state index contributed by atoms with van der Waals surface area (Å²) in [6.07, 6.45) is 1.17. The van der Waals surface area contributed by atoms with Gasteiger partial charge in [-0.25, -0.2) is 18.8 Å². The second-order valence-electron chi connectivity index (χ2n) is 9.21. The molecule has 12 heteroatoms. The highest BCUT2D eigenvalue weighted by atomic mass is 19.1. The number of carbonyl (C=O) groups excluding carboxylic acids is 2. The highest BCUT2D eigenvalue weighted by Gasteiger charge is 2.34. The minimum atomic E-state index is -1.13. The minimum absolute atomic E-state index is 0.102. The Kier molecular flexibility index (Phi) is 6.17. The zero-order valence-electron chi connectivity index (χ0n) is 19.6. The Morgan fingerprint density at radius 2 is 2.06 bits per heavy atom. The quantitative estimate of drug-likeness (QED) is 0.428. The molecule has 2 aliphatic heterocycles. The molecule has 3 aromatic rings. The SMILES string of the molecule is Cc1cc(C[C@@H](NC(=O)N2CCC(N3Cc4cccc(F)c4NC3=O)CC2)C(=O)O)cc2nn[nH]c12. The van der Waals surface area contributed by atoms with Gasteiger partial charge in [0.1, 0.15) is 17.4 Å². The first-order valence-electron chi connectivity index (χ1n) is 11.7. The van der Waals surface area contributed by atoms with Gasteiger partial charge in [-0.1, -0.05) is 23.4 Å². The van der Waals surface area contributed by atoms with Crippen LogP contribution in [0.15, 0.2) is 30.3 Å². The number of aromatic nitrogens is 3. The molecule has 36 heavy (non-hydrogen) atoms. The van der Waals surface area contributed by atoms with Crippen molar-refractivity contribution in [2.24, 2.45) is 0 Å². The van der Waals surface area contributed by atoms with E-state index >= 15 is 0 Å². The van der Waals surface area contributed by atoms with Crippen LogP contribution in [-0.4, -0.2) is 73.5 Å². The number of hydrogen-bond donors (Lipinski definition) is 4. The van der Waals surface area contributed by atoms with Crippen LogP contribution in [0, 0.1) is 12.7 Å². The van der Waals surface area contributed by atoms with Gasteiger partial charge in [0.05, 0.1) is 11.2 Å². The smallest absolute Gasteiger partial charge is 0.326 e. The van der Waals surface area contributed by atoms with Crippen molar-refractivity contribution in [3.8, 4) is 0 Å². The third-order valence-electron chi connectivity index (χ3n) is 6.86. The number of aliphatic carboxylic acids is 1. The van der Waals surface area contributed by atoms with Crippen LogP contribution in [0.3, 0.4) is 0 Å². The first-order valence-corrected chi connectivity index (χ1v) is 11.7. The lowest BCUT2D eigenvalue weighted by atomic mass is 10.0. The summed E-state index contributed by atoms with van der Waals surface area (Å²) in [6, 6.07) is 6.26. The predicted octanol–water partition coefficient (Wildman–Crippen LogP) is 2.62. The van der Waals surface area contributed by atoms with Crippen molar-refractivity contribution in [3.63, 3.8) is 0 Å². The van der Waals surface area contributed by atoms with Crippen LogP contribution in [0.1, 0.15) is 29.5 Å². The van der Waals surface area contributed by atoms with E-state index in [9.17, 15) is 23.9 Å². The van der Waals surface area contributed by atoms with E-state index in [2.05, 4.69) is 26.0 Å². The molecule has 5 rings (SSSR count). The molecule has 4 amide bonds. The number of para-hydroxylation sites is 1. The first-order chi connectivity index (χ1) is 17.3. The fourth-order valence-corrected chi connectivity index (χ4v) is 4.94. The number of urea groups is 2. The number of H-pyrrole nitrogens is 1. The number of carbonyl (C=O) groups is 3. The number of hydrogen-bond acceptors (Lipinski definition) is 5. The Hall–Kier alpha value is -4.22. The van der Waals surface area contributed by atoms with Gasteiger partial charge in [0, 0.05) is 32.1 Å². The Morgan fingerprint density at radius 3 is 2.81 bits per heavy atom. The zero-order valence-corrected chi connectivity index (χ0v) is 19.6. The molecular formula is C24H26FN7O4. The molecule has 1 aromatic heterocycles. The molecule has 2 aromatic carbocycles. The van der Waals surface area contributed by atoms with E-state index in [1.807, 2.05) is 13.0 Å². The van der Waals surface area contributed by atoms with Gasteiger partial charge >= 0.3 is 18.0 Å². The van der Waals surface area contributed by atoms with Crippen LogP contribution in [0.2, 0.25) is 0 Å². The molecule has 0 saturated carbocycles. The Bertz CT molecular complexity index is 1340. The molecule has 2 aliphatic rings. The number of anilines is 1. The molecule has 1 saturated heterocycles. The Balaban J connectivity index is 1.19. The predicted molar refractivity (Wildman–Crippen MR) is 128 cm³/mol. The summed E-state index contributed by atoms with van der Waals surface area (Å²) >= 11 is 0. The summed E-state index contributed by atoms with van der Waals surface area (Å²) in [6.45, 7) is 2.91. The molecule has 4 N–H and O–H groups in total. The van der Waals surface area contributed by atoms with E-state index in [1.165, 1.54) is 6.07 Å². The number of nitrogens with one attached hydrogen (secondary N) is 3. The second kappa shape index (κ2) is 9.44. The number of rotatable bonds is 5. The molecule has 0 unspecified atom stereocenters. The highest BCUT2D eigenvalue weighted by molar-refractivity contribution is 5.92. The second-order valence-corrected chi connectivity index (χ2v) is 9.21. The van der Waals surface area contributed by atoms with Gasteiger partial charge in [0.25, 0.3) is 0 Å². The lowest BCUT2D eigenvalue weighted by Gasteiger charge is -2.40. The van der Waals surface area contributed by atoms with Crippen molar-refractivity contribution in [1.82, 2.24) is 30.5 Å². The maximum Gasteiger partial charge on any atom is 0.326 e. The van der Waals surface area contributed by atoms with Crippen LogP contribution in [-0.2, 0) is 17.8 Å². The number of carboxylic acids is 1. The van der Waals surface area contributed by atoms with Crippen LogP contribution in [0.5, 0.6) is 0 Å². The number of piperidine rings is 1. The van der Waals surface area contributed by atoms with E-state index in [0.29, 0.717) is 43.6 Å². The van der Waals surface area contributed by atoms with Crippen molar-refractivity contribution in [2.45, 2.75) is 44.8 Å². The Morgan fingerprint density at radius 1 is 1.28 bits per heavy atom. The molecule has 0 spiro atoms. The summed E-state index contributed by atoms with van der Waals surface area (Å²) in [7, 11) is 0. The van der Waals surface area contributed by atoms with Crippen LogP contribution < -0.4 is 10.6 Å². The van der Waals surface area contributed by atoms with Crippen LogP contribution in [0.25, 0.3) is 11.0 Å². The van der Waals surface area contributed by atoms with Gasteiger partial charge in [-0.3, -0.25) is 5.10 Å². The fraction of sp³-hybridized carbons (Fsp3) is 0.375. The van der Waals surface area contributed by atoms with Gasteiger partial charge in [0.15, 0.2) is 0 Å². The molecule has 1 fully saturated rings. The largest absolute Gasteiger partial charge is 0.480 e. The van der Waals surface area contributed by atoms with Gasteiger partial charge in [-0.2, -0.15) is 0 Å². The average Bonchev–Trinajstić information content (AvgIpc) is 3.33. The third-order valence-corrected chi connectivity index (χ3v) is 6.86. The molecule has 188 valence electrons. The minimum Gasteiger partial charge on any atom is -0.480 e. The van der Waals surface area contributed by atoms with Gasteiger partial charge in [-0.15, -0.1) is 5.10 Å². The molecule has 0 radical (unpaired) electrons. The summed E-state index contributed by atoms with van der Waals surface area (Å²) in [5, 5.41) is 25.5. The van der Waals surface area contributed by atoms with E-state index in [0.717, 1.165) is 16.6 Å². The maximum absolute atomic E-state index is 14.0. The van der Waals surface area contributed by atoms with Crippen molar-refractivity contribution < 1.29 is 23.9 Å². The molecular weight excluding hydrogens is 469 g/mol. The molecule has 1 atom stereocenters. The number of fused-ring (bicyclic) bond motifs is 2. The normalized spacial score (nSPS) is 17.0. The number of nitrogens with zero attached hydrogens (tertiary/aromatic N) is 4. The summed E-state index contributed by atoms with van der Waals surface area (Å²) in [4.78, 5) is 40.6. The van der Waals surface area contributed by atoms with Gasteiger partial charge in [0.2, 0.25) is 0 Å². The summed E-state index contributed by atoms with van der Waals surface area (Å²) < 4.78 is 14.0. The van der Waals surface area contributed by atoms with E-state index in [-0.39, 0.29) is 24.2 Å². The lowest BCUT2D eigenvalue weighted by molar-refractivity contribution is -0.139. The fourth-order valence-electron chi connectivity index (χ4n) is 4.94. The summed E-state index contributed by atoms with van der Waals surface area (Å²) in [5.74, 6) is -1.59. The average molecular weight is 496 g/mol. The molecule has 0 bridgehead atoms. The topological polar surface area (TPSA) is 144 Å². The summed E-state index contributed by atoms with van der Waals surface area (Å²) in [5.41, 5.74) is 3.96. The van der Waals surface area contributed by atoms with E-state index < -0.39 is 23.9 Å². The van der Waals surface area contributed by atoms with E-state index in [1.54, 1.807) is 28.0 Å². The van der Waals surface area contributed by atoms with Gasteiger partial charge in [-0.05, 0) is 48.6 Å². The third kappa shape index (κ3) is 4.53. The maximum atomic E-state index is 14.0. The van der Waals surface area contributed by atoms with Crippen LogP contribution in [0.4, 0.5) is 19.7 Å². The van der Waals surface area contributed by atoms with Crippen molar-refractivity contribution in [1.29, 1.82) is 0 Å². The highest BCUT2D eigenvalue weighted by Crippen LogP contribution is 2.29. The van der Waals surface area contributed by atoms with E-state index in [4.69, 9.17) is 0 Å². The number of carboxylic acid groups (broad SMARTS) is 1.